The van der Waals surface area contributed by atoms with E-state index in [-0.39, 0.29) is 18.1 Å². The zero-order valence-corrected chi connectivity index (χ0v) is 13.0. The molecule has 0 fully saturated rings. The molecule has 1 amide bonds. The molecular weight excluding hydrogens is 354 g/mol. The van der Waals surface area contributed by atoms with Gasteiger partial charge in [-0.3, -0.25) is 4.79 Å². The molecule has 0 radical (unpaired) electrons. The minimum atomic E-state index is -4.75. The molecule has 0 atom stereocenters. The molecule has 8 heteroatoms. The number of halogens is 5. The molecule has 0 aliphatic heterocycles. The molecule has 122 valence electrons. The summed E-state index contributed by atoms with van der Waals surface area (Å²) in [6.45, 7) is 0. The van der Waals surface area contributed by atoms with Crippen molar-refractivity contribution in [2.75, 3.05) is 5.32 Å². The van der Waals surface area contributed by atoms with E-state index in [9.17, 15) is 18.0 Å². The molecule has 0 aromatic heterocycles. The summed E-state index contributed by atoms with van der Waals surface area (Å²) in [5.74, 6) is -0.727. The summed E-state index contributed by atoms with van der Waals surface area (Å²) in [7, 11) is 0. The standard InChI is InChI=1S/C15H10Cl2F3NO2/c16-10-2-1-9(13(17)8-10)7-14(22)21-11-3-5-12(6-4-11)23-15(18,19)20/h1-6,8H,7H2,(H,21,22). The number of alkyl halides is 3. The van der Waals surface area contributed by atoms with Crippen molar-refractivity contribution in [3.05, 3.63) is 58.1 Å². The summed E-state index contributed by atoms with van der Waals surface area (Å²) in [5.41, 5.74) is 0.931. The predicted octanol–water partition coefficient (Wildman–Crippen LogP) is 5.07. The molecular formula is C15H10Cl2F3NO2. The molecule has 0 aliphatic rings. The molecule has 1 N–H and O–H groups in total. The van der Waals surface area contributed by atoms with Gasteiger partial charge in [-0.2, -0.15) is 0 Å². The summed E-state index contributed by atoms with van der Waals surface area (Å²) in [6.07, 6.45) is -4.74. The second kappa shape index (κ2) is 7.10. The quantitative estimate of drug-likeness (QED) is 0.822. The lowest BCUT2D eigenvalue weighted by Crippen LogP contribution is -2.17. The number of hydrogen-bond acceptors (Lipinski definition) is 2. The van der Waals surface area contributed by atoms with Crippen molar-refractivity contribution in [2.45, 2.75) is 12.8 Å². The van der Waals surface area contributed by atoms with Crippen LogP contribution in [0, 0.1) is 0 Å². The Kier molecular flexibility index (Phi) is 5.38. The maximum Gasteiger partial charge on any atom is 0.573 e. The van der Waals surface area contributed by atoms with Crippen LogP contribution in [-0.4, -0.2) is 12.3 Å². The van der Waals surface area contributed by atoms with Crippen LogP contribution in [0.15, 0.2) is 42.5 Å². The molecule has 0 saturated heterocycles. The van der Waals surface area contributed by atoms with Gasteiger partial charge in [0.25, 0.3) is 0 Å². The minimum Gasteiger partial charge on any atom is -0.406 e. The lowest BCUT2D eigenvalue weighted by atomic mass is 10.1. The molecule has 0 aliphatic carbocycles. The first kappa shape index (κ1) is 17.4. The summed E-state index contributed by atoms with van der Waals surface area (Å²) < 4.78 is 39.9. The Morgan fingerprint density at radius 1 is 1.09 bits per heavy atom. The Bertz CT molecular complexity index is 703. The van der Waals surface area contributed by atoms with Gasteiger partial charge in [0.1, 0.15) is 5.75 Å². The number of benzene rings is 2. The zero-order valence-electron chi connectivity index (χ0n) is 11.5. The number of rotatable bonds is 4. The second-order valence-corrected chi connectivity index (χ2v) is 5.38. The van der Waals surface area contributed by atoms with Crippen LogP contribution < -0.4 is 10.1 Å². The van der Waals surface area contributed by atoms with Gasteiger partial charge in [0.2, 0.25) is 5.91 Å². The molecule has 2 aromatic rings. The van der Waals surface area contributed by atoms with E-state index < -0.39 is 6.36 Å². The second-order valence-electron chi connectivity index (χ2n) is 4.53. The van der Waals surface area contributed by atoms with E-state index in [1.54, 1.807) is 12.1 Å². The molecule has 0 saturated carbocycles. The Balaban J connectivity index is 1.97. The number of amides is 1. The SMILES string of the molecule is O=C(Cc1ccc(Cl)cc1Cl)Nc1ccc(OC(F)(F)F)cc1. The highest BCUT2D eigenvalue weighted by Crippen LogP contribution is 2.24. The van der Waals surface area contributed by atoms with Gasteiger partial charge in [0.15, 0.2) is 0 Å². The molecule has 2 rings (SSSR count). The normalized spacial score (nSPS) is 11.2. The van der Waals surface area contributed by atoms with Crippen LogP contribution in [-0.2, 0) is 11.2 Å². The first-order valence-corrected chi connectivity index (χ1v) is 7.08. The van der Waals surface area contributed by atoms with Crippen LogP contribution in [0.5, 0.6) is 5.75 Å². The number of carbonyl (C=O) groups excluding carboxylic acids is 1. The molecule has 3 nitrogen and oxygen atoms in total. The Morgan fingerprint density at radius 3 is 2.30 bits per heavy atom. The van der Waals surface area contributed by atoms with E-state index in [1.807, 2.05) is 0 Å². The highest BCUT2D eigenvalue weighted by Gasteiger charge is 2.30. The minimum absolute atomic E-state index is 0.0107. The summed E-state index contributed by atoms with van der Waals surface area (Å²) >= 11 is 11.7. The van der Waals surface area contributed by atoms with Gasteiger partial charge in [-0.15, -0.1) is 13.2 Å². The van der Waals surface area contributed by atoms with E-state index in [1.165, 1.54) is 18.2 Å². The topological polar surface area (TPSA) is 38.3 Å². The van der Waals surface area contributed by atoms with Gasteiger partial charge >= 0.3 is 6.36 Å². The number of hydrogen-bond donors (Lipinski definition) is 1. The third kappa shape index (κ3) is 5.65. The third-order valence-electron chi connectivity index (χ3n) is 2.74. The van der Waals surface area contributed by atoms with Crippen LogP contribution in [0.2, 0.25) is 10.0 Å². The summed E-state index contributed by atoms with van der Waals surface area (Å²) in [6, 6.07) is 9.60. The van der Waals surface area contributed by atoms with Crippen LogP contribution in [0.3, 0.4) is 0 Å². The first-order valence-electron chi connectivity index (χ1n) is 6.32. The Hall–Kier alpha value is -1.92. The van der Waals surface area contributed by atoms with Crippen molar-refractivity contribution in [1.29, 1.82) is 0 Å². The van der Waals surface area contributed by atoms with Crippen LogP contribution >= 0.6 is 23.2 Å². The maximum atomic E-state index is 12.0. The molecule has 23 heavy (non-hydrogen) atoms. The van der Waals surface area contributed by atoms with E-state index >= 15 is 0 Å². The number of anilines is 1. The fourth-order valence-electron chi connectivity index (χ4n) is 1.78. The molecule has 0 unspecified atom stereocenters. The molecule has 0 bridgehead atoms. The largest absolute Gasteiger partial charge is 0.573 e. The average molecular weight is 364 g/mol. The van der Waals surface area contributed by atoms with Gasteiger partial charge < -0.3 is 10.1 Å². The smallest absolute Gasteiger partial charge is 0.406 e. The summed E-state index contributed by atoms with van der Waals surface area (Å²) in [5, 5.41) is 3.38. The highest BCUT2D eigenvalue weighted by molar-refractivity contribution is 6.35. The van der Waals surface area contributed by atoms with Gasteiger partial charge in [0.05, 0.1) is 6.42 Å². The monoisotopic (exact) mass is 363 g/mol. The van der Waals surface area contributed by atoms with Crippen molar-refractivity contribution in [2.24, 2.45) is 0 Å². The number of carbonyl (C=O) groups is 1. The Labute approximate surface area is 140 Å². The lowest BCUT2D eigenvalue weighted by Gasteiger charge is -2.10. The van der Waals surface area contributed by atoms with Gasteiger partial charge in [0, 0.05) is 15.7 Å². The Morgan fingerprint density at radius 2 is 1.74 bits per heavy atom. The van der Waals surface area contributed by atoms with Crippen molar-refractivity contribution in [1.82, 2.24) is 0 Å². The van der Waals surface area contributed by atoms with Crippen molar-refractivity contribution in [3.8, 4) is 5.75 Å². The highest BCUT2D eigenvalue weighted by atomic mass is 35.5. The van der Waals surface area contributed by atoms with E-state index in [0.717, 1.165) is 12.1 Å². The van der Waals surface area contributed by atoms with Gasteiger partial charge in [-0.1, -0.05) is 29.3 Å². The van der Waals surface area contributed by atoms with Crippen molar-refractivity contribution in [3.63, 3.8) is 0 Å². The number of ether oxygens (including phenoxy) is 1. The fourth-order valence-corrected chi connectivity index (χ4v) is 2.26. The predicted molar refractivity (Wildman–Crippen MR) is 81.9 cm³/mol. The van der Waals surface area contributed by atoms with Crippen LogP contribution in [0.25, 0.3) is 0 Å². The fraction of sp³-hybridized carbons (Fsp3) is 0.133. The molecule has 2 aromatic carbocycles. The van der Waals surface area contributed by atoms with Gasteiger partial charge in [-0.25, -0.2) is 0 Å². The summed E-state index contributed by atoms with van der Waals surface area (Å²) in [4.78, 5) is 11.9. The van der Waals surface area contributed by atoms with E-state index in [4.69, 9.17) is 23.2 Å². The van der Waals surface area contributed by atoms with Crippen LogP contribution in [0.1, 0.15) is 5.56 Å². The molecule has 0 heterocycles. The van der Waals surface area contributed by atoms with Crippen molar-refractivity contribution < 1.29 is 22.7 Å². The average Bonchev–Trinajstić information content (AvgIpc) is 2.42. The van der Waals surface area contributed by atoms with Crippen LogP contribution in [0.4, 0.5) is 18.9 Å². The zero-order chi connectivity index (χ0) is 17.0. The van der Waals surface area contributed by atoms with E-state index in [0.29, 0.717) is 21.3 Å². The lowest BCUT2D eigenvalue weighted by molar-refractivity contribution is -0.274. The first-order chi connectivity index (χ1) is 10.7. The van der Waals surface area contributed by atoms with Gasteiger partial charge in [-0.05, 0) is 42.0 Å². The third-order valence-corrected chi connectivity index (χ3v) is 3.32. The van der Waals surface area contributed by atoms with E-state index in [2.05, 4.69) is 10.1 Å². The number of nitrogens with one attached hydrogen (secondary N) is 1. The van der Waals surface area contributed by atoms with Crippen molar-refractivity contribution >= 4 is 34.8 Å². The molecule has 0 spiro atoms. The maximum absolute atomic E-state index is 12.0.